The molecule has 0 saturated heterocycles. The first-order valence-corrected chi connectivity index (χ1v) is 20.6. The Balaban J connectivity index is 4.16. The van der Waals surface area contributed by atoms with Crippen molar-refractivity contribution in [2.75, 3.05) is 6.54 Å². The van der Waals surface area contributed by atoms with Crippen molar-refractivity contribution >= 4 is 17.8 Å². The van der Waals surface area contributed by atoms with Crippen molar-refractivity contribution in [3.05, 3.63) is 36.5 Å². The fourth-order valence-corrected chi connectivity index (χ4v) is 5.93. The van der Waals surface area contributed by atoms with Gasteiger partial charge in [0.1, 0.15) is 12.6 Å². The first kappa shape index (κ1) is 46.6. The Labute approximate surface area is 302 Å². The zero-order chi connectivity index (χ0) is 35.9. The number of ether oxygens (including phenoxy) is 1. The van der Waals surface area contributed by atoms with E-state index in [9.17, 15) is 14.4 Å². The van der Waals surface area contributed by atoms with Crippen LogP contribution in [0.4, 0.5) is 0 Å². The summed E-state index contributed by atoms with van der Waals surface area (Å²) < 4.78 is 5.92. The molecule has 284 valence electrons. The number of hydrogen-bond acceptors (Lipinski definition) is 4. The molecule has 0 aliphatic heterocycles. The van der Waals surface area contributed by atoms with E-state index >= 15 is 0 Å². The Kier molecular flexibility index (Phi) is 36.6. The van der Waals surface area contributed by atoms with Gasteiger partial charge in [-0.25, -0.2) is 0 Å². The molecule has 0 aromatic heterocycles. The molecular formula is C43H77NO5. The maximum absolute atomic E-state index is 12.7. The zero-order valence-corrected chi connectivity index (χ0v) is 32.0. The number of carbonyl (C=O) groups excluding carboxylic acids is 2. The van der Waals surface area contributed by atoms with Crippen LogP contribution in [0.15, 0.2) is 36.5 Å². The molecule has 1 unspecified atom stereocenters. The highest BCUT2D eigenvalue weighted by molar-refractivity contribution is 5.80. The Morgan fingerprint density at radius 3 is 1.55 bits per heavy atom. The minimum absolute atomic E-state index is 0.0740. The van der Waals surface area contributed by atoms with Gasteiger partial charge in [0.15, 0.2) is 0 Å². The number of nitrogens with one attached hydrogen (secondary N) is 1. The first-order valence-electron chi connectivity index (χ1n) is 20.6. The van der Waals surface area contributed by atoms with Crippen molar-refractivity contribution in [2.45, 2.75) is 213 Å². The van der Waals surface area contributed by atoms with E-state index in [1.165, 1.54) is 109 Å². The van der Waals surface area contributed by atoms with Gasteiger partial charge in [-0.2, -0.15) is 0 Å². The van der Waals surface area contributed by atoms with Crippen LogP contribution in [0, 0.1) is 0 Å². The van der Waals surface area contributed by atoms with Crippen molar-refractivity contribution in [3.63, 3.8) is 0 Å². The van der Waals surface area contributed by atoms with Crippen LogP contribution in [0.3, 0.4) is 0 Å². The van der Waals surface area contributed by atoms with Crippen LogP contribution in [0.25, 0.3) is 0 Å². The van der Waals surface area contributed by atoms with Crippen molar-refractivity contribution in [1.29, 1.82) is 0 Å². The monoisotopic (exact) mass is 688 g/mol. The highest BCUT2D eigenvalue weighted by atomic mass is 16.5. The SMILES string of the molecule is CCCCCC/C=C\C/C=C\C(CCCCCCCCC(=O)NCC(=O)O)OC(=O)CCCCCCCCC/C=C\CCCCCCCC. The van der Waals surface area contributed by atoms with E-state index in [4.69, 9.17) is 9.84 Å². The van der Waals surface area contributed by atoms with Crippen LogP contribution in [-0.4, -0.2) is 35.6 Å². The molecule has 2 N–H and O–H groups in total. The number of carbonyl (C=O) groups is 3. The summed E-state index contributed by atoms with van der Waals surface area (Å²) in [5, 5.41) is 11.0. The second-order valence-corrected chi connectivity index (χ2v) is 13.9. The average Bonchev–Trinajstić information content (AvgIpc) is 3.08. The van der Waals surface area contributed by atoms with E-state index < -0.39 is 5.97 Å². The Morgan fingerprint density at radius 1 is 0.551 bits per heavy atom. The fourth-order valence-electron chi connectivity index (χ4n) is 5.93. The van der Waals surface area contributed by atoms with Crippen molar-refractivity contribution in [1.82, 2.24) is 5.32 Å². The van der Waals surface area contributed by atoms with Gasteiger partial charge in [0.25, 0.3) is 0 Å². The molecule has 0 aromatic carbocycles. The van der Waals surface area contributed by atoms with Gasteiger partial charge >= 0.3 is 11.9 Å². The van der Waals surface area contributed by atoms with Gasteiger partial charge in [0, 0.05) is 12.8 Å². The molecule has 1 amide bonds. The Bertz CT molecular complexity index is 849. The van der Waals surface area contributed by atoms with E-state index in [2.05, 4.69) is 55.6 Å². The van der Waals surface area contributed by atoms with Crippen LogP contribution in [0.1, 0.15) is 206 Å². The highest BCUT2D eigenvalue weighted by Crippen LogP contribution is 2.16. The molecule has 49 heavy (non-hydrogen) atoms. The van der Waals surface area contributed by atoms with Crippen molar-refractivity contribution < 1.29 is 24.2 Å². The summed E-state index contributed by atoms with van der Waals surface area (Å²) in [6.07, 6.45) is 47.1. The largest absolute Gasteiger partial charge is 0.480 e. The summed E-state index contributed by atoms with van der Waals surface area (Å²) in [6, 6.07) is 0. The molecule has 0 aromatic rings. The predicted molar refractivity (Wildman–Crippen MR) is 208 cm³/mol. The normalized spacial score (nSPS) is 12.4. The second kappa shape index (κ2) is 38.4. The molecule has 0 aliphatic carbocycles. The summed E-state index contributed by atoms with van der Waals surface area (Å²) in [5.41, 5.74) is 0. The number of aliphatic carboxylic acids is 1. The molecule has 0 rings (SSSR count). The second-order valence-electron chi connectivity index (χ2n) is 13.9. The van der Waals surface area contributed by atoms with Crippen molar-refractivity contribution in [2.24, 2.45) is 0 Å². The molecule has 1 atom stereocenters. The van der Waals surface area contributed by atoms with Crippen LogP contribution >= 0.6 is 0 Å². The summed E-state index contributed by atoms with van der Waals surface area (Å²) in [5.74, 6) is -1.29. The number of esters is 1. The smallest absolute Gasteiger partial charge is 0.322 e. The van der Waals surface area contributed by atoms with E-state index in [-0.39, 0.29) is 24.5 Å². The molecule has 0 fully saturated rings. The van der Waals surface area contributed by atoms with Gasteiger partial charge in [-0.05, 0) is 76.7 Å². The fraction of sp³-hybridized carbons (Fsp3) is 0.791. The van der Waals surface area contributed by atoms with Gasteiger partial charge in [-0.3, -0.25) is 14.4 Å². The number of amides is 1. The maximum atomic E-state index is 12.7. The number of carboxylic acid groups (broad SMARTS) is 1. The summed E-state index contributed by atoms with van der Waals surface area (Å²) in [6.45, 7) is 4.19. The molecular weight excluding hydrogens is 610 g/mol. The molecule has 0 heterocycles. The van der Waals surface area contributed by atoms with E-state index in [1.807, 2.05) is 0 Å². The molecule has 0 spiro atoms. The van der Waals surface area contributed by atoms with Gasteiger partial charge in [0.05, 0.1) is 0 Å². The number of rotatable bonds is 37. The van der Waals surface area contributed by atoms with Gasteiger partial charge in [-0.1, -0.05) is 153 Å². The zero-order valence-electron chi connectivity index (χ0n) is 32.0. The third-order valence-corrected chi connectivity index (χ3v) is 9.02. The summed E-state index contributed by atoms with van der Waals surface area (Å²) in [7, 11) is 0. The average molecular weight is 688 g/mol. The van der Waals surface area contributed by atoms with Gasteiger partial charge in [-0.15, -0.1) is 0 Å². The predicted octanol–water partition coefficient (Wildman–Crippen LogP) is 12.5. The minimum Gasteiger partial charge on any atom is -0.480 e. The topological polar surface area (TPSA) is 92.7 Å². The Morgan fingerprint density at radius 2 is 1.00 bits per heavy atom. The molecule has 0 saturated carbocycles. The van der Waals surface area contributed by atoms with Gasteiger partial charge < -0.3 is 15.2 Å². The lowest BCUT2D eigenvalue weighted by Gasteiger charge is -2.14. The van der Waals surface area contributed by atoms with Gasteiger partial charge in [0.2, 0.25) is 5.91 Å². The van der Waals surface area contributed by atoms with Crippen LogP contribution < -0.4 is 5.32 Å². The number of carboxylic acids is 1. The molecule has 0 radical (unpaired) electrons. The lowest BCUT2D eigenvalue weighted by atomic mass is 10.1. The number of unbranched alkanes of at least 4 members (excludes halogenated alkanes) is 22. The molecule has 0 bridgehead atoms. The van der Waals surface area contributed by atoms with Crippen molar-refractivity contribution in [3.8, 4) is 0 Å². The van der Waals surface area contributed by atoms with E-state index in [0.29, 0.717) is 12.8 Å². The number of allylic oxidation sites excluding steroid dienone is 5. The highest BCUT2D eigenvalue weighted by Gasteiger charge is 2.11. The lowest BCUT2D eigenvalue weighted by molar-refractivity contribution is -0.147. The van der Waals surface area contributed by atoms with E-state index in [0.717, 1.165) is 70.6 Å². The summed E-state index contributed by atoms with van der Waals surface area (Å²) >= 11 is 0. The minimum atomic E-state index is -1.02. The molecule has 6 nitrogen and oxygen atoms in total. The molecule has 0 aliphatic rings. The quantitative estimate of drug-likeness (QED) is 0.0385. The number of hydrogen-bond donors (Lipinski definition) is 2. The standard InChI is InChI=1S/C43H77NO5/c1-3-5-7-9-11-13-14-15-16-17-18-19-20-22-24-30-34-38-43(48)49-40(35-31-27-23-21-12-10-8-6-4-2)36-32-28-25-26-29-33-37-41(45)44-39-42(46)47/h15-16,21,23,31,35,40H,3-14,17-20,22,24-30,32-34,36-39H2,1-2H3,(H,44,45)(H,46,47)/b16-15-,23-21-,35-31-. The maximum Gasteiger partial charge on any atom is 0.322 e. The third-order valence-electron chi connectivity index (χ3n) is 9.02. The van der Waals surface area contributed by atoms with Crippen LogP contribution in [0.2, 0.25) is 0 Å². The molecule has 6 heteroatoms. The lowest BCUT2D eigenvalue weighted by Crippen LogP contribution is -2.28. The first-order chi connectivity index (χ1) is 24.0. The van der Waals surface area contributed by atoms with Crippen LogP contribution in [0.5, 0.6) is 0 Å². The van der Waals surface area contributed by atoms with Crippen LogP contribution in [-0.2, 0) is 19.1 Å². The summed E-state index contributed by atoms with van der Waals surface area (Å²) in [4.78, 5) is 34.8. The Hall–Kier alpha value is -2.37. The third kappa shape index (κ3) is 38.3. The van der Waals surface area contributed by atoms with E-state index in [1.54, 1.807) is 0 Å².